The third-order valence-electron chi connectivity index (χ3n) is 2.95. The van der Waals surface area contributed by atoms with Crippen molar-refractivity contribution in [3.05, 3.63) is 24.3 Å². The standard InChI is InChI=1S/C15H25N3O2/c1-4-16-13-7-6-8-14(11-13)17-15(19)12-18(5-2)9-10-20-3/h6-8,11,16H,4-5,9-10,12H2,1-3H3,(H,17,19). The minimum Gasteiger partial charge on any atom is -0.385 e. The number of carbonyl (C=O) groups excluding carboxylic acids is 1. The summed E-state index contributed by atoms with van der Waals surface area (Å²) in [6.45, 7) is 7.54. The predicted molar refractivity (Wildman–Crippen MR) is 83.2 cm³/mol. The third-order valence-corrected chi connectivity index (χ3v) is 2.95. The second-order valence-electron chi connectivity index (χ2n) is 4.52. The molecule has 0 unspecified atom stereocenters. The highest BCUT2D eigenvalue weighted by Gasteiger charge is 2.09. The van der Waals surface area contributed by atoms with Crippen LogP contribution in [0.15, 0.2) is 24.3 Å². The van der Waals surface area contributed by atoms with Crippen LogP contribution >= 0.6 is 0 Å². The maximum Gasteiger partial charge on any atom is 0.238 e. The van der Waals surface area contributed by atoms with E-state index in [1.54, 1.807) is 7.11 Å². The van der Waals surface area contributed by atoms with Gasteiger partial charge in [-0.1, -0.05) is 13.0 Å². The molecule has 0 radical (unpaired) electrons. The number of hydrogen-bond donors (Lipinski definition) is 2. The molecular formula is C15H25N3O2. The lowest BCUT2D eigenvalue weighted by Gasteiger charge is -2.19. The summed E-state index contributed by atoms with van der Waals surface area (Å²) >= 11 is 0. The van der Waals surface area contributed by atoms with Gasteiger partial charge in [-0.05, 0) is 31.7 Å². The highest BCUT2D eigenvalue weighted by molar-refractivity contribution is 5.92. The van der Waals surface area contributed by atoms with E-state index in [1.165, 1.54) is 0 Å². The minimum absolute atomic E-state index is 0.00315. The molecule has 1 rings (SSSR count). The highest BCUT2D eigenvalue weighted by atomic mass is 16.5. The summed E-state index contributed by atoms with van der Waals surface area (Å²) in [5, 5.41) is 6.14. The average molecular weight is 279 g/mol. The molecule has 112 valence electrons. The number of benzene rings is 1. The Labute approximate surface area is 121 Å². The molecule has 1 amide bonds. The van der Waals surface area contributed by atoms with Crippen molar-refractivity contribution in [2.45, 2.75) is 13.8 Å². The van der Waals surface area contributed by atoms with Gasteiger partial charge in [0.15, 0.2) is 0 Å². The third kappa shape index (κ3) is 6.04. The first-order valence-electron chi connectivity index (χ1n) is 7.04. The molecule has 5 heteroatoms. The van der Waals surface area contributed by atoms with Crippen LogP contribution in [0.2, 0.25) is 0 Å². The average Bonchev–Trinajstić information content (AvgIpc) is 2.44. The van der Waals surface area contributed by atoms with Gasteiger partial charge < -0.3 is 15.4 Å². The molecule has 0 aromatic heterocycles. The molecule has 0 atom stereocenters. The number of methoxy groups -OCH3 is 1. The van der Waals surface area contributed by atoms with E-state index >= 15 is 0 Å². The van der Waals surface area contributed by atoms with Crippen molar-refractivity contribution in [2.75, 3.05) is 50.5 Å². The Hall–Kier alpha value is -1.59. The Morgan fingerprint density at radius 3 is 2.70 bits per heavy atom. The molecule has 0 spiro atoms. The van der Waals surface area contributed by atoms with Crippen LogP contribution in [0.25, 0.3) is 0 Å². The van der Waals surface area contributed by atoms with E-state index in [4.69, 9.17) is 4.74 Å². The molecule has 0 fully saturated rings. The molecular weight excluding hydrogens is 254 g/mol. The summed E-state index contributed by atoms with van der Waals surface area (Å²) in [6, 6.07) is 7.74. The van der Waals surface area contributed by atoms with Gasteiger partial charge in [-0.15, -0.1) is 0 Å². The lowest BCUT2D eigenvalue weighted by Crippen LogP contribution is -2.35. The molecule has 0 saturated heterocycles. The zero-order valence-electron chi connectivity index (χ0n) is 12.6. The van der Waals surface area contributed by atoms with Crippen LogP contribution in [0.5, 0.6) is 0 Å². The van der Waals surface area contributed by atoms with Crippen molar-refractivity contribution < 1.29 is 9.53 Å². The maximum atomic E-state index is 12.0. The van der Waals surface area contributed by atoms with E-state index in [1.807, 2.05) is 43.0 Å². The summed E-state index contributed by atoms with van der Waals surface area (Å²) in [7, 11) is 1.67. The Morgan fingerprint density at radius 2 is 2.05 bits per heavy atom. The Bertz CT molecular complexity index is 410. The van der Waals surface area contributed by atoms with Crippen LogP contribution in [0.4, 0.5) is 11.4 Å². The summed E-state index contributed by atoms with van der Waals surface area (Å²) < 4.78 is 5.03. The monoisotopic (exact) mass is 279 g/mol. The van der Waals surface area contributed by atoms with Gasteiger partial charge in [-0.3, -0.25) is 9.69 Å². The van der Waals surface area contributed by atoms with Crippen LogP contribution in [-0.4, -0.2) is 50.7 Å². The fraction of sp³-hybridized carbons (Fsp3) is 0.533. The van der Waals surface area contributed by atoms with E-state index < -0.39 is 0 Å². The number of rotatable bonds is 9. The second-order valence-corrected chi connectivity index (χ2v) is 4.52. The van der Waals surface area contributed by atoms with Crippen LogP contribution in [0.1, 0.15) is 13.8 Å². The van der Waals surface area contributed by atoms with E-state index in [0.29, 0.717) is 13.2 Å². The molecule has 0 heterocycles. The minimum atomic E-state index is -0.00315. The molecule has 0 bridgehead atoms. The number of likely N-dealkylation sites (N-methyl/N-ethyl adjacent to an activating group) is 1. The number of carbonyl (C=O) groups is 1. The van der Waals surface area contributed by atoms with Gasteiger partial charge in [-0.25, -0.2) is 0 Å². The lowest BCUT2D eigenvalue weighted by atomic mass is 10.2. The fourth-order valence-electron chi connectivity index (χ4n) is 1.88. The zero-order chi connectivity index (χ0) is 14.8. The van der Waals surface area contributed by atoms with Gasteiger partial charge in [-0.2, -0.15) is 0 Å². The summed E-state index contributed by atoms with van der Waals surface area (Å²) in [4.78, 5) is 14.0. The Balaban J connectivity index is 2.50. The fourth-order valence-corrected chi connectivity index (χ4v) is 1.88. The van der Waals surface area contributed by atoms with Crippen molar-refractivity contribution in [1.29, 1.82) is 0 Å². The highest BCUT2D eigenvalue weighted by Crippen LogP contribution is 2.14. The quantitative estimate of drug-likeness (QED) is 0.726. The molecule has 0 aliphatic carbocycles. The van der Waals surface area contributed by atoms with Crippen molar-refractivity contribution in [2.24, 2.45) is 0 Å². The second kappa shape index (κ2) is 9.34. The van der Waals surface area contributed by atoms with Gasteiger partial charge >= 0.3 is 0 Å². The van der Waals surface area contributed by atoms with Gasteiger partial charge in [0.25, 0.3) is 0 Å². The zero-order valence-corrected chi connectivity index (χ0v) is 12.6. The van der Waals surface area contributed by atoms with Gasteiger partial charge in [0, 0.05) is 31.6 Å². The van der Waals surface area contributed by atoms with Crippen molar-refractivity contribution in [3.63, 3.8) is 0 Å². The first-order chi connectivity index (χ1) is 9.69. The van der Waals surface area contributed by atoms with Crippen LogP contribution < -0.4 is 10.6 Å². The first-order valence-corrected chi connectivity index (χ1v) is 7.04. The molecule has 0 aliphatic heterocycles. The lowest BCUT2D eigenvalue weighted by molar-refractivity contribution is -0.117. The van der Waals surface area contributed by atoms with E-state index in [-0.39, 0.29) is 5.91 Å². The van der Waals surface area contributed by atoms with Crippen molar-refractivity contribution in [3.8, 4) is 0 Å². The SMILES string of the molecule is CCNc1cccc(NC(=O)CN(CC)CCOC)c1. The summed E-state index contributed by atoms with van der Waals surface area (Å²) in [5.41, 5.74) is 1.83. The molecule has 20 heavy (non-hydrogen) atoms. The molecule has 2 N–H and O–H groups in total. The summed E-state index contributed by atoms with van der Waals surface area (Å²) in [5.74, 6) is -0.00315. The molecule has 1 aromatic rings. The van der Waals surface area contributed by atoms with Crippen molar-refractivity contribution in [1.82, 2.24) is 4.90 Å². The van der Waals surface area contributed by atoms with Crippen LogP contribution in [-0.2, 0) is 9.53 Å². The van der Waals surface area contributed by atoms with Crippen LogP contribution in [0, 0.1) is 0 Å². The van der Waals surface area contributed by atoms with Crippen LogP contribution in [0.3, 0.4) is 0 Å². The number of ether oxygens (including phenoxy) is 1. The molecule has 0 saturated carbocycles. The van der Waals surface area contributed by atoms with Crippen molar-refractivity contribution >= 4 is 17.3 Å². The van der Waals surface area contributed by atoms with Gasteiger partial charge in [0.1, 0.15) is 0 Å². The van der Waals surface area contributed by atoms with Gasteiger partial charge in [0.05, 0.1) is 13.2 Å². The molecule has 1 aromatic carbocycles. The maximum absolute atomic E-state index is 12.0. The van der Waals surface area contributed by atoms with E-state index in [0.717, 1.165) is 31.0 Å². The first kappa shape index (κ1) is 16.5. The molecule has 0 aliphatic rings. The number of hydrogen-bond acceptors (Lipinski definition) is 4. The number of anilines is 2. The van der Waals surface area contributed by atoms with E-state index in [2.05, 4.69) is 10.6 Å². The smallest absolute Gasteiger partial charge is 0.238 e. The normalized spacial score (nSPS) is 10.6. The Kier molecular flexibility index (Phi) is 7.69. The number of nitrogens with zero attached hydrogens (tertiary/aromatic N) is 1. The largest absolute Gasteiger partial charge is 0.385 e. The van der Waals surface area contributed by atoms with Gasteiger partial charge in [0.2, 0.25) is 5.91 Å². The van der Waals surface area contributed by atoms with E-state index in [9.17, 15) is 4.79 Å². The number of amides is 1. The topological polar surface area (TPSA) is 53.6 Å². The summed E-state index contributed by atoms with van der Waals surface area (Å²) in [6.07, 6.45) is 0. The number of nitrogens with one attached hydrogen (secondary N) is 2. The molecule has 5 nitrogen and oxygen atoms in total. The predicted octanol–water partition coefficient (Wildman–Crippen LogP) is 2.03. The Morgan fingerprint density at radius 1 is 1.30 bits per heavy atom.